The first-order chi connectivity index (χ1) is 15.3. The van der Waals surface area contributed by atoms with Gasteiger partial charge in [0.2, 0.25) is 10.0 Å². The zero-order valence-corrected chi connectivity index (χ0v) is 21.1. The second-order valence-corrected chi connectivity index (χ2v) is 11.6. The summed E-state index contributed by atoms with van der Waals surface area (Å²) in [4.78, 5) is 17.2. The van der Waals surface area contributed by atoms with Gasteiger partial charge in [0.1, 0.15) is 0 Å². The Balaban J connectivity index is 1.41. The van der Waals surface area contributed by atoms with Crippen molar-refractivity contribution in [2.75, 3.05) is 25.5 Å². The van der Waals surface area contributed by atoms with Crippen molar-refractivity contribution >= 4 is 55.0 Å². The average Bonchev–Trinajstić information content (AvgIpc) is 3.46. The Kier molecular flexibility index (Phi) is 7.25. The molecule has 1 aromatic heterocycles. The second-order valence-electron chi connectivity index (χ2n) is 7.44. The Morgan fingerprint density at radius 2 is 1.94 bits per heavy atom. The Morgan fingerprint density at radius 3 is 2.59 bits per heavy atom. The molecule has 1 atom stereocenters. The first kappa shape index (κ1) is 23.3. The fraction of sp³-hybridized carbons (Fsp3) is 0.273. The van der Waals surface area contributed by atoms with Gasteiger partial charge in [-0.15, -0.1) is 11.3 Å². The van der Waals surface area contributed by atoms with E-state index in [-0.39, 0.29) is 16.9 Å². The third-order valence-corrected chi connectivity index (χ3v) is 8.49. The highest BCUT2D eigenvalue weighted by atomic mass is 127. The number of carbonyl (C=O) groups excluding carboxylic acids is 1. The number of hydrogen-bond acceptors (Lipinski definition) is 6. The van der Waals surface area contributed by atoms with Crippen molar-refractivity contribution < 1.29 is 17.9 Å². The molecule has 2 aromatic carbocycles. The zero-order chi connectivity index (χ0) is 22.7. The van der Waals surface area contributed by atoms with E-state index in [1.807, 2.05) is 29.6 Å². The quantitative estimate of drug-likeness (QED) is 0.415. The normalized spacial score (nSPS) is 16.4. The number of anilines is 1. The highest BCUT2D eigenvalue weighted by molar-refractivity contribution is 14.1. The van der Waals surface area contributed by atoms with Crippen LogP contribution in [0.25, 0.3) is 11.3 Å². The molecule has 1 aliphatic heterocycles. The molecule has 0 saturated carbocycles. The van der Waals surface area contributed by atoms with Gasteiger partial charge in [-0.3, -0.25) is 10.1 Å². The van der Waals surface area contributed by atoms with Gasteiger partial charge in [-0.1, -0.05) is 12.1 Å². The van der Waals surface area contributed by atoms with Crippen LogP contribution in [-0.4, -0.2) is 49.9 Å². The lowest BCUT2D eigenvalue weighted by atomic mass is 10.2. The maximum Gasteiger partial charge on any atom is 0.257 e. The summed E-state index contributed by atoms with van der Waals surface area (Å²) in [5.74, 6) is -0.342. The molecule has 1 N–H and O–H groups in total. The van der Waals surface area contributed by atoms with Crippen LogP contribution in [0.5, 0.6) is 0 Å². The predicted molar refractivity (Wildman–Crippen MR) is 133 cm³/mol. The van der Waals surface area contributed by atoms with E-state index in [1.54, 1.807) is 7.05 Å². The maximum atomic E-state index is 12.8. The number of rotatable bonds is 7. The van der Waals surface area contributed by atoms with Crippen molar-refractivity contribution in [2.24, 2.45) is 0 Å². The number of hydrogen-bond donors (Lipinski definition) is 1. The molecule has 2 heterocycles. The molecule has 0 bridgehead atoms. The molecule has 7 nitrogen and oxygen atoms in total. The summed E-state index contributed by atoms with van der Waals surface area (Å²) in [6.45, 7) is 0.991. The number of ether oxygens (including phenoxy) is 1. The van der Waals surface area contributed by atoms with Gasteiger partial charge in [-0.25, -0.2) is 13.4 Å². The summed E-state index contributed by atoms with van der Waals surface area (Å²) < 4.78 is 33.6. The number of sulfonamides is 1. The van der Waals surface area contributed by atoms with Crippen LogP contribution in [0.3, 0.4) is 0 Å². The minimum Gasteiger partial charge on any atom is -0.377 e. The van der Waals surface area contributed by atoms with Crippen LogP contribution in [0.1, 0.15) is 23.2 Å². The summed E-state index contributed by atoms with van der Waals surface area (Å²) >= 11 is 3.58. The van der Waals surface area contributed by atoms with Gasteiger partial charge in [0.25, 0.3) is 5.91 Å². The number of aromatic nitrogens is 1. The van der Waals surface area contributed by atoms with Crippen molar-refractivity contribution in [3.63, 3.8) is 0 Å². The van der Waals surface area contributed by atoms with E-state index in [1.165, 1.54) is 39.9 Å². The molecule has 1 fully saturated rings. The van der Waals surface area contributed by atoms with Crippen LogP contribution >= 0.6 is 33.9 Å². The number of thiazole rings is 1. The molecule has 0 spiro atoms. The number of benzene rings is 2. The molecule has 168 valence electrons. The van der Waals surface area contributed by atoms with E-state index < -0.39 is 10.0 Å². The van der Waals surface area contributed by atoms with Crippen molar-refractivity contribution in [3.05, 3.63) is 63.0 Å². The molecule has 0 aliphatic carbocycles. The van der Waals surface area contributed by atoms with E-state index in [2.05, 4.69) is 32.9 Å². The first-order valence-corrected chi connectivity index (χ1v) is 13.4. The standard InChI is InChI=1S/C22H22IN3O4S2/c1-26(13-18-3-2-12-30-18)32(28,29)19-10-6-16(7-11-19)21(27)25-22-24-20(14-31-22)15-4-8-17(23)9-5-15/h4-11,14,18H,2-3,12-13H2,1H3,(H,24,25,27). The minimum absolute atomic E-state index is 0.0671. The Hall–Kier alpha value is -1.86. The molecule has 4 rings (SSSR count). The monoisotopic (exact) mass is 583 g/mol. The molecule has 0 radical (unpaired) electrons. The lowest BCUT2D eigenvalue weighted by Gasteiger charge is -2.20. The van der Waals surface area contributed by atoms with Gasteiger partial charge in [0, 0.05) is 40.3 Å². The van der Waals surface area contributed by atoms with Crippen LogP contribution in [0.2, 0.25) is 0 Å². The molecule has 1 amide bonds. The van der Waals surface area contributed by atoms with Crippen LogP contribution < -0.4 is 5.32 Å². The molecule has 1 aliphatic rings. The van der Waals surface area contributed by atoms with Crippen molar-refractivity contribution in [1.29, 1.82) is 0 Å². The van der Waals surface area contributed by atoms with Crippen LogP contribution in [0.15, 0.2) is 58.8 Å². The Bertz CT molecular complexity index is 1190. The summed E-state index contributed by atoms with van der Waals surface area (Å²) in [6.07, 6.45) is 1.75. The fourth-order valence-corrected chi connectivity index (χ4v) is 5.66. The third kappa shape index (κ3) is 5.37. The lowest BCUT2D eigenvalue weighted by molar-refractivity contribution is 0.0979. The number of nitrogens with one attached hydrogen (secondary N) is 1. The van der Waals surface area contributed by atoms with Crippen molar-refractivity contribution in [2.45, 2.75) is 23.8 Å². The van der Waals surface area contributed by atoms with Crippen molar-refractivity contribution in [3.8, 4) is 11.3 Å². The number of halogens is 1. The SMILES string of the molecule is CN(CC1CCCO1)S(=O)(=O)c1ccc(C(=O)Nc2nc(-c3ccc(I)cc3)cs2)cc1. The molecule has 1 saturated heterocycles. The largest absolute Gasteiger partial charge is 0.377 e. The van der Waals surface area contributed by atoms with Gasteiger partial charge >= 0.3 is 0 Å². The molecule has 3 aromatic rings. The molecule has 1 unspecified atom stereocenters. The molecular weight excluding hydrogens is 561 g/mol. The van der Waals surface area contributed by atoms with Crippen LogP contribution in [-0.2, 0) is 14.8 Å². The van der Waals surface area contributed by atoms with E-state index in [0.717, 1.165) is 27.7 Å². The van der Waals surface area contributed by atoms with E-state index in [9.17, 15) is 13.2 Å². The number of carbonyl (C=O) groups is 1. The van der Waals surface area contributed by atoms with Gasteiger partial charge in [-0.2, -0.15) is 4.31 Å². The maximum absolute atomic E-state index is 12.8. The van der Waals surface area contributed by atoms with Crippen LogP contribution in [0.4, 0.5) is 5.13 Å². The van der Waals surface area contributed by atoms with E-state index >= 15 is 0 Å². The van der Waals surface area contributed by atoms with Gasteiger partial charge in [0.15, 0.2) is 5.13 Å². The highest BCUT2D eigenvalue weighted by Crippen LogP contribution is 2.26. The number of likely N-dealkylation sites (N-methyl/N-ethyl adjacent to an activating group) is 1. The lowest BCUT2D eigenvalue weighted by Crippen LogP contribution is -2.34. The predicted octanol–water partition coefficient (Wildman–Crippen LogP) is 4.47. The highest BCUT2D eigenvalue weighted by Gasteiger charge is 2.26. The Labute approximate surface area is 205 Å². The van der Waals surface area contributed by atoms with E-state index in [0.29, 0.717) is 23.8 Å². The number of amides is 1. The molecule has 32 heavy (non-hydrogen) atoms. The van der Waals surface area contributed by atoms with Gasteiger partial charge in [-0.05, 0) is 71.8 Å². The fourth-order valence-electron chi connectivity index (χ4n) is 3.39. The smallest absolute Gasteiger partial charge is 0.257 e. The summed E-state index contributed by atoms with van der Waals surface area (Å²) in [5, 5.41) is 5.15. The number of nitrogens with zero attached hydrogens (tertiary/aromatic N) is 2. The zero-order valence-electron chi connectivity index (χ0n) is 17.3. The summed E-state index contributed by atoms with van der Waals surface area (Å²) in [5.41, 5.74) is 2.12. The summed E-state index contributed by atoms with van der Waals surface area (Å²) in [7, 11) is -2.10. The Morgan fingerprint density at radius 1 is 1.22 bits per heavy atom. The second kappa shape index (κ2) is 9.96. The molecule has 10 heteroatoms. The third-order valence-electron chi connectivity index (χ3n) is 5.17. The van der Waals surface area contributed by atoms with Crippen molar-refractivity contribution in [1.82, 2.24) is 9.29 Å². The van der Waals surface area contributed by atoms with E-state index in [4.69, 9.17) is 4.74 Å². The van der Waals surface area contributed by atoms with Gasteiger partial charge < -0.3 is 4.74 Å². The minimum atomic E-state index is -3.65. The van der Waals surface area contributed by atoms with Gasteiger partial charge in [0.05, 0.1) is 16.7 Å². The first-order valence-electron chi connectivity index (χ1n) is 10.0. The topological polar surface area (TPSA) is 88.6 Å². The summed E-state index contributed by atoms with van der Waals surface area (Å²) in [6, 6.07) is 13.9. The molecular formula is C22H22IN3O4S2. The van der Waals surface area contributed by atoms with Crippen LogP contribution in [0, 0.1) is 3.57 Å². The average molecular weight is 583 g/mol.